The summed E-state index contributed by atoms with van der Waals surface area (Å²) in [5.74, 6) is 0.893. The average Bonchev–Trinajstić information content (AvgIpc) is 2.46. The summed E-state index contributed by atoms with van der Waals surface area (Å²) in [6.07, 6.45) is 5.19. The third kappa shape index (κ3) is 3.09. The van der Waals surface area contributed by atoms with Crippen molar-refractivity contribution in [3.8, 4) is 5.75 Å². The molecule has 2 rings (SSSR count). The second kappa shape index (κ2) is 6.29. The number of rotatable bonds is 5. The molecule has 0 bridgehead atoms. The van der Waals surface area contributed by atoms with Gasteiger partial charge >= 0.3 is 0 Å². The number of methoxy groups -OCH3 is 1. The van der Waals surface area contributed by atoms with E-state index in [0.29, 0.717) is 0 Å². The zero-order chi connectivity index (χ0) is 13.7. The van der Waals surface area contributed by atoms with E-state index in [9.17, 15) is 0 Å². The van der Waals surface area contributed by atoms with E-state index in [1.54, 1.807) is 25.7 Å². The zero-order valence-electron chi connectivity index (χ0n) is 11.6. The van der Waals surface area contributed by atoms with E-state index in [1.807, 2.05) is 6.92 Å². The van der Waals surface area contributed by atoms with E-state index >= 15 is 0 Å². The molecule has 0 spiro atoms. The fourth-order valence-electron chi connectivity index (χ4n) is 2.07. The smallest absolute Gasteiger partial charge is 0.122 e. The van der Waals surface area contributed by atoms with Crippen molar-refractivity contribution in [3.05, 3.63) is 53.6 Å². The van der Waals surface area contributed by atoms with Crippen LogP contribution in [0.5, 0.6) is 5.75 Å². The number of nitrogens with zero attached hydrogens (tertiary/aromatic N) is 2. The molecule has 0 aliphatic rings. The van der Waals surface area contributed by atoms with E-state index in [0.717, 1.165) is 29.1 Å². The quantitative estimate of drug-likeness (QED) is 0.894. The van der Waals surface area contributed by atoms with Gasteiger partial charge in [0.05, 0.1) is 25.0 Å². The Balaban J connectivity index is 2.39. The summed E-state index contributed by atoms with van der Waals surface area (Å²) in [5, 5.41) is 3.43. The van der Waals surface area contributed by atoms with Crippen LogP contribution in [0.4, 0.5) is 0 Å². The lowest BCUT2D eigenvalue weighted by Gasteiger charge is -2.18. The van der Waals surface area contributed by atoms with Crippen molar-refractivity contribution in [2.24, 2.45) is 0 Å². The first-order valence-corrected chi connectivity index (χ1v) is 6.40. The number of ether oxygens (including phenoxy) is 1. The van der Waals surface area contributed by atoms with Crippen LogP contribution < -0.4 is 10.1 Å². The number of nitrogens with one attached hydrogen (secondary N) is 1. The normalized spacial score (nSPS) is 12.2. The first-order valence-electron chi connectivity index (χ1n) is 6.40. The van der Waals surface area contributed by atoms with Gasteiger partial charge in [0, 0.05) is 12.4 Å². The minimum Gasteiger partial charge on any atom is -0.496 e. The third-order valence-electron chi connectivity index (χ3n) is 3.05. The van der Waals surface area contributed by atoms with Crippen LogP contribution >= 0.6 is 0 Å². The molecule has 1 aromatic heterocycles. The van der Waals surface area contributed by atoms with Crippen LogP contribution in [0.3, 0.4) is 0 Å². The Bertz CT molecular complexity index is 528. The maximum Gasteiger partial charge on any atom is 0.122 e. The Morgan fingerprint density at radius 1 is 1.32 bits per heavy atom. The molecule has 0 aliphatic heterocycles. The molecule has 19 heavy (non-hydrogen) atoms. The van der Waals surface area contributed by atoms with Gasteiger partial charge in [-0.25, -0.2) is 0 Å². The molecule has 0 saturated carbocycles. The third-order valence-corrected chi connectivity index (χ3v) is 3.05. The van der Waals surface area contributed by atoms with Crippen LogP contribution in [-0.4, -0.2) is 23.6 Å². The second-order valence-electron chi connectivity index (χ2n) is 4.35. The molecular formula is C15H19N3O. The van der Waals surface area contributed by atoms with Crippen LogP contribution in [0.1, 0.15) is 29.8 Å². The first-order chi connectivity index (χ1) is 9.26. The fraction of sp³-hybridized carbons (Fsp3) is 0.333. The number of hydrogen-bond donors (Lipinski definition) is 1. The molecule has 2 aromatic rings. The molecule has 0 saturated heterocycles. The summed E-state index contributed by atoms with van der Waals surface area (Å²) in [7, 11) is 1.69. The number of benzene rings is 1. The standard InChI is InChI=1S/C15H19N3O/c1-4-17-15(13-10-16-7-8-18-13)12-6-5-11(2)14(9-12)19-3/h5-10,15,17H,4H2,1-3H3. The van der Waals surface area contributed by atoms with E-state index in [1.165, 1.54) is 0 Å². The van der Waals surface area contributed by atoms with Gasteiger partial charge < -0.3 is 10.1 Å². The maximum atomic E-state index is 5.39. The molecule has 0 fully saturated rings. The Labute approximate surface area is 113 Å². The van der Waals surface area contributed by atoms with Gasteiger partial charge in [0.25, 0.3) is 0 Å². The molecule has 0 aliphatic carbocycles. The number of hydrogen-bond acceptors (Lipinski definition) is 4. The highest BCUT2D eigenvalue weighted by molar-refractivity contribution is 5.39. The Morgan fingerprint density at radius 2 is 2.16 bits per heavy atom. The lowest BCUT2D eigenvalue weighted by Crippen LogP contribution is -2.23. The molecule has 1 N–H and O–H groups in total. The van der Waals surface area contributed by atoms with E-state index in [2.05, 4.69) is 40.4 Å². The summed E-state index contributed by atoms with van der Waals surface area (Å²) in [5.41, 5.74) is 3.17. The molecule has 0 amide bonds. The molecular weight excluding hydrogens is 238 g/mol. The molecule has 1 unspecified atom stereocenters. The molecule has 4 nitrogen and oxygen atoms in total. The summed E-state index contributed by atoms with van der Waals surface area (Å²) < 4.78 is 5.39. The van der Waals surface area contributed by atoms with Gasteiger partial charge in [-0.2, -0.15) is 0 Å². The predicted molar refractivity (Wildman–Crippen MR) is 75.3 cm³/mol. The fourth-order valence-corrected chi connectivity index (χ4v) is 2.07. The highest BCUT2D eigenvalue weighted by Gasteiger charge is 2.15. The first kappa shape index (κ1) is 13.5. The Hall–Kier alpha value is -1.94. The van der Waals surface area contributed by atoms with Crippen molar-refractivity contribution < 1.29 is 4.74 Å². The van der Waals surface area contributed by atoms with Gasteiger partial charge in [-0.1, -0.05) is 19.1 Å². The van der Waals surface area contributed by atoms with Gasteiger partial charge in [0.15, 0.2) is 0 Å². The number of aryl methyl sites for hydroxylation is 1. The summed E-state index contributed by atoms with van der Waals surface area (Å²) in [6, 6.07) is 6.25. The van der Waals surface area contributed by atoms with Gasteiger partial charge in [-0.05, 0) is 30.7 Å². The van der Waals surface area contributed by atoms with Gasteiger partial charge in [-0.3, -0.25) is 9.97 Å². The van der Waals surface area contributed by atoms with Crippen molar-refractivity contribution >= 4 is 0 Å². The SMILES string of the molecule is CCNC(c1ccc(C)c(OC)c1)c1cnccn1. The van der Waals surface area contributed by atoms with Crippen LogP contribution in [0.15, 0.2) is 36.8 Å². The maximum absolute atomic E-state index is 5.39. The van der Waals surface area contributed by atoms with Gasteiger partial charge in [0.1, 0.15) is 5.75 Å². The van der Waals surface area contributed by atoms with Gasteiger partial charge in [0.2, 0.25) is 0 Å². The Kier molecular flexibility index (Phi) is 4.47. The number of aromatic nitrogens is 2. The minimum absolute atomic E-state index is 0.0354. The lowest BCUT2D eigenvalue weighted by molar-refractivity contribution is 0.410. The lowest BCUT2D eigenvalue weighted by atomic mass is 10.0. The monoisotopic (exact) mass is 257 g/mol. The highest BCUT2D eigenvalue weighted by atomic mass is 16.5. The highest BCUT2D eigenvalue weighted by Crippen LogP contribution is 2.26. The molecule has 1 atom stereocenters. The topological polar surface area (TPSA) is 47.0 Å². The van der Waals surface area contributed by atoms with Crippen molar-refractivity contribution in [3.63, 3.8) is 0 Å². The van der Waals surface area contributed by atoms with Crippen LogP contribution in [0.25, 0.3) is 0 Å². The second-order valence-corrected chi connectivity index (χ2v) is 4.35. The molecule has 1 aromatic carbocycles. The van der Waals surface area contributed by atoms with Crippen molar-refractivity contribution in [1.82, 2.24) is 15.3 Å². The van der Waals surface area contributed by atoms with Crippen molar-refractivity contribution in [2.45, 2.75) is 19.9 Å². The predicted octanol–water partition coefficient (Wildman–Crippen LogP) is 2.49. The van der Waals surface area contributed by atoms with Crippen molar-refractivity contribution in [2.75, 3.05) is 13.7 Å². The largest absolute Gasteiger partial charge is 0.496 e. The van der Waals surface area contributed by atoms with Crippen LogP contribution in [-0.2, 0) is 0 Å². The summed E-state index contributed by atoms with van der Waals surface area (Å²) in [6.45, 7) is 4.97. The zero-order valence-corrected chi connectivity index (χ0v) is 11.6. The average molecular weight is 257 g/mol. The van der Waals surface area contributed by atoms with E-state index in [-0.39, 0.29) is 6.04 Å². The molecule has 4 heteroatoms. The van der Waals surface area contributed by atoms with E-state index in [4.69, 9.17) is 4.74 Å². The molecule has 100 valence electrons. The minimum atomic E-state index is 0.0354. The van der Waals surface area contributed by atoms with Gasteiger partial charge in [-0.15, -0.1) is 0 Å². The van der Waals surface area contributed by atoms with E-state index < -0.39 is 0 Å². The van der Waals surface area contributed by atoms with Crippen LogP contribution in [0.2, 0.25) is 0 Å². The Morgan fingerprint density at radius 3 is 2.79 bits per heavy atom. The molecule has 0 radical (unpaired) electrons. The van der Waals surface area contributed by atoms with Crippen LogP contribution in [0, 0.1) is 6.92 Å². The molecule has 1 heterocycles. The van der Waals surface area contributed by atoms with Crippen molar-refractivity contribution in [1.29, 1.82) is 0 Å². The summed E-state index contributed by atoms with van der Waals surface area (Å²) >= 11 is 0. The summed E-state index contributed by atoms with van der Waals surface area (Å²) in [4.78, 5) is 8.53.